The lowest BCUT2D eigenvalue weighted by molar-refractivity contribution is -0.146. The molecule has 0 spiro atoms. The van der Waals surface area contributed by atoms with Crippen molar-refractivity contribution in [3.8, 4) is 0 Å². The highest BCUT2D eigenvalue weighted by molar-refractivity contribution is 5.76. The molecule has 1 rings (SSSR count). The molecule has 5 nitrogen and oxygen atoms in total. The van der Waals surface area contributed by atoms with Crippen molar-refractivity contribution in [2.24, 2.45) is 5.92 Å². The van der Waals surface area contributed by atoms with Gasteiger partial charge in [0.1, 0.15) is 6.04 Å². The van der Waals surface area contributed by atoms with Gasteiger partial charge in [0.2, 0.25) is 0 Å². The van der Waals surface area contributed by atoms with E-state index < -0.39 is 0 Å². The summed E-state index contributed by atoms with van der Waals surface area (Å²) in [5.41, 5.74) is 0. The predicted octanol–water partition coefficient (Wildman–Crippen LogP) is 0.801. The summed E-state index contributed by atoms with van der Waals surface area (Å²) in [7, 11) is 0. The van der Waals surface area contributed by atoms with Gasteiger partial charge in [-0.3, -0.25) is 9.69 Å². The van der Waals surface area contributed by atoms with Gasteiger partial charge in [-0.25, -0.2) is 0 Å². The second-order valence-corrected chi connectivity index (χ2v) is 5.86. The number of hydrogen-bond donors (Lipinski definition) is 1. The molecule has 1 N–H and O–H groups in total. The average Bonchev–Trinajstić information content (AvgIpc) is 2.40. The third-order valence-electron chi connectivity index (χ3n) is 3.55. The maximum absolute atomic E-state index is 11.9. The van der Waals surface area contributed by atoms with E-state index in [1.807, 2.05) is 13.8 Å². The second kappa shape index (κ2) is 9.32. The van der Waals surface area contributed by atoms with Crippen LogP contribution in [0.3, 0.4) is 0 Å². The summed E-state index contributed by atoms with van der Waals surface area (Å²) in [6.07, 6.45) is 0. The Bertz CT molecular complexity index is 276. The van der Waals surface area contributed by atoms with Crippen LogP contribution in [0, 0.1) is 5.92 Å². The minimum atomic E-state index is -0.198. The minimum Gasteiger partial charge on any atom is -0.465 e. The highest BCUT2D eigenvalue weighted by Crippen LogP contribution is 2.06. The van der Waals surface area contributed by atoms with Crippen LogP contribution in [0.15, 0.2) is 0 Å². The molecule has 0 aromatic carbocycles. The zero-order chi connectivity index (χ0) is 15.0. The van der Waals surface area contributed by atoms with Gasteiger partial charge in [0.25, 0.3) is 0 Å². The Morgan fingerprint density at radius 3 is 2.10 bits per heavy atom. The quantitative estimate of drug-likeness (QED) is 0.668. The summed E-state index contributed by atoms with van der Waals surface area (Å²) < 4.78 is 5.13. The molecule has 0 aromatic heterocycles. The number of nitrogens with one attached hydrogen (secondary N) is 1. The van der Waals surface area contributed by atoms with Crippen molar-refractivity contribution in [2.45, 2.75) is 33.7 Å². The van der Waals surface area contributed by atoms with E-state index in [4.69, 9.17) is 4.74 Å². The molecule has 1 saturated heterocycles. The van der Waals surface area contributed by atoms with Gasteiger partial charge in [-0.2, -0.15) is 0 Å². The van der Waals surface area contributed by atoms with Crippen LogP contribution in [0.4, 0.5) is 0 Å². The zero-order valence-corrected chi connectivity index (χ0v) is 13.5. The lowest BCUT2D eigenvalue weighted by Gasteiger charge is -2.36. The third kappa shape index (κ3) is 6.20. The Morgan fingerprint density at radius 1 is 1.10 bits per heavy atom. The number of carbonyl (C=O) groups excluding carboxylic acids is 1. The monoisotopic (exact) mass is 285 g/mol. The van der Waals surface area contributed by atoms with Gasteiger partial charge in [-0.15, -0.1) is 0 Å². The molecule has 0 radical (unpaired) electrons. The van der Waals surface area contributed by atoms with E-state index in [0.29, 0.717) is 6.61 Å². The molecular weight excluding hydrogens is 254 g/mol. The van der Waals surface area contributed by atoms with Crippen LogP contribution in [0.2, 0.25) is 0 Å². The summed E-state index contributed by atoms with van der Waals surface area (Å²) in [5, 5.41) is 3.23. The Balaban J connectivity index is 2.37. The van der Waals surface area contributed by atoms with Crippen LogP contribution in [0.1, 0.15) is 27.7 Å². The Morgan fingerprint density at radius 2 is 1.65 bits per heavy atom. The van der Waals surface area contributed by atoms with Crippen LogP contribution >= 0.6 is 0 Å². The molecule has 0 bridgehead atoms. The first-order valence-corrected chi connectivity index (χ1v) is 7.91. The van der Waals surface area contributed by atoms with Crippen molar-refractivity contribution >= 4 is 5.97 Å². The normalized spacial score (nSPS) is 19.2. The molecule has 1 atom stereocenters. The van der Waals surface area contributed by atoms with E-state index in [-0.39, 0.29) is 12.0 Å². The molecule has 1 unspecified atom stereocenters. The molecular formula is C15H31N3O2. The maximum atomic E-state index is 11.9. The highest BCUT2D eigenvalue weighted by atomic mass is 16.5. The molecule has 1 aliphatic heterocycles. The van der Waals surface area contributed by atoms with Crippen molar-refractivity contribution < 1.29 is 9.53 Å². The number of esters is 1. The highest BCUT2D eigenvalue weighted by Gasteiger charge is 2.24. The van der Waals surface area contributed by atoms with Crippen LogP contribution in [-0.2, 0) is 9.53 Å². The molecule has 20 heavy (non-hydrogen) atoms. The molecule has 0 aliphatic carbocycles. The molecule has 5 heteroatoms. The van der Waals surface area contributed by atoms with Gasteiger partial charge < -0.3 is 15.0 Å². The van der Waals surface area contributed by atoms with Crippen LogP contribution in [0.5, 0.6) is 0 Å². The number of piperazine rings is 1. The van der Waals surface area contributed by atoms with Gasteiger partial charge in [-0.05, 0) is 19.4 Å². The Labute approximate surface area is 123 Å². The maximum Gasteiger partial charge on any atom is 0.324 e. The summed E-state index contributed by atoms with van der Waals surface area (Å²) >= 11 is 0. The summed E-state index contributed by atoms with van der Waals surface area (Å²) in [5.74, 6) is 0.592. The molecule has 0 aromatic rings. The van der Waals surface area contributed by atoms with Crippen molar-refractivity contribution in [1.82, 2.24) is 15.1 Å². The smallest absolute Gasteiger partial charge is 0.324 e. The van der Waals surface area contributed by atoms with Crippen molar-refractivity contribution in [2.75, 3.05) is 52.4 Å². The second-order valence-electron chi connectivity index (χ2n) is 5.86. The molecule has 118 valence electrons. The van der Waals surface area contributed by atoms with Crippen LogP contribution < -0.4 is 5.32 Å². The van der Waals surface area contributed by atoms with Gasteiger partial charge >= 0.3 is 5.97 Å². The van der Waals surface area contributed by atoms with Crippen molar-refractivity contribution in [1.29, 1.82) is 0 Å². The number of nitrogens with zero attached hydrogens (tertiary/aromatic N) is 2. The lowest BCUT2D eigenvalue weighted by atomic mass is 10.2. The molecule has 1 fully saturated rings. The number of hydrogen-bond acceptors (Lipinski definition) is 5. The number of rotatable bonds is 8. The molecule has 1 heterocycles. The summed E-state index contributed by atoms with van der Waals surface area (Å²) in [6, 6.07) is -0.198. The third-order valence-corrected chi connectivity index (χ3v) is 3.55. The summed E-state index contributed by atoms with van der Waals surface area (Å²) in [6.45, 7) is 15.8. The van der Waals surface area contributed by atoms with E-state index in [9.17, 15) is 4.79 Å². The SMILES string of the molecule is CCNC(CN1CCN(CC(C)C)CC1)C(=O)OCC. The zero-order valence-electron chi connectivity index (χ0n) is 13.5. The van der Waals surface area contributed by atoms with Gasteiger partial charge in [0.15, 0.2) is 0 Å². The van der Waals surface area contributed by atoms with Gasteiger partial charge in [0, 0.05) is 39.3 Å². The first-order chi connectivity index (χ1) is 9.56. The summed E-state index contributed by atoms with van der Waals surface area (Å²) in [4.78, 5) is 16.8. The average molecular weight is 285 g/mol. The number of likely N-dealkylation sites (N-methyl/N-ethyl adjacent to an activating group) is 1. The van der Waals surface area contributed by atoms with E-state index in [0.717, 1.165) is 45.2 Å². The topological polar surface area (TPSA) is 44.8 Å². The fraction of sp³-hybridized carbons (Fsp3) is 0.933. The van der Waals surface area contributed by atoms with Crippen molar-refractivity contribution in [3.63, 3.8) is 0 Å². The lowest BCUT2D eigenvalue weighted by Crippen LogP contribution is -2.53. The Hall–Kier alpha value is -0.650. The van der Waals surface area contributed by atoms with Crippen molar-refractivity contribution in [3.05, 3.63) is 0 Å². The number of carbonyl (C=O) groups is 1. The van der Waals surface area contributed by atoms with E-state index in [1.54, 1.807) is 0 Å². The first-order valence-electron chi connectivity index (χ1n) is 7.91. The van der Waals surface area contributed by atoms with E-state index in [1.165, 1.54) is 6.54 Å². The molecule has 0 saturated carbocycles. The van der Waals surface area contributed by atoms with E-state index in [2.05, 4.69) is 29.0 Å². The standard InChI is InChI=1S/C15H31N3O2/c1-5-16-14(15(19)20-6-2)12-18-9-7-17(8-10-18)11-13(3)4/h13-14,16H,5-12H2,1-4H3. The Kier molecular flexibility index (Phi) is 8.11. The fourth-order valence-corrected chi connectivity index (χ4v) is 2.64. The predicted molar refractivity (Wildman–Crippen MR) is 81.8 cm³/mol. The van der Waals surface area contributed by atoms with Crippen LogP contribution in [-0.4, -0.2) is 74.2 Å². The largest absolute Gasteiger partial charge is 0.465 e. The fourth-order valence-electron chi connectivity index (χ4n) is 2.64. The molecule has 1 aliphatic rings. The van der Waals surface area contributed by atoms with Crippen LogP contribution in [0.25, 0.3) is 0 Å². The van der Waals surface area contributed by atoms with E-state index >= 15 is 0 Å². The van der Waals surface area contributed by atoms with Gasteiger partial charge in [0.05, 0.1) is 6.61 Å². The first kappa shape index (κ1) is 17.4. The number of ether oxygens (including phenoxy) is 1. The minimum absolute atomic E-state index is 0.126. The molecule has 0 amide bonds. The van der Waals surface area contributed by atoms with Gasteiger partial charge in [-0.1, -0.05) is 20.8 Å².